The van der Waals surface area contributed by atoms with E-state index in [0.717, 1.165) is 24.1 Å². The second kappa shape index (κ2) is 6.82. The largest absolute Gasteiger partial charge is 0.443 e. The summed E-state index contributed by atoms with van der Waals surface area (Å²) in [6.07, 6.45) is 6.82. The van der Waals surface area contributed by atoms with Gasteiger partial charge in [-0.2, -0.15) is 0 Å². The van der Waals surface area contributed by atoms with E-state index in [1.807, 2.05) is 39.2 Å². The summed E-state index contributed by atoms with van der Waals surface area (Å²) in [5.74, 6) is 0.308. The molecule has 0 aliphatic carbocycles. The molecule has 0 saturated heterocycles. The molecule has 0 fully saturated rings. The summed E-state index contributed by atoms with van der Waals surface area (Å²) < 4.78 is 5.54. The molecule has 1 aliphatic rings. The Hall–Kier alpha value is -2.43. The summed E-state index contributed by atoms with van der Waals surface area (Å²) >= 11 is 0. The van der Waals surface area contributed by atoms with Crippen molar-refractivity contribution in [3.63, 3.8) is 0 Å². The number of amides is 1. The van der Waals surface area contributed by atoms with Crippen molar-refractivity contribution in [1.29, 1.82) is 0 Å². The van der Waals surface area contributed by atoms with Crippen LogP contribution in [0.4, 0.5) is 10.5 Å². The van der Waals surface area contributed by atoms with Crippen LogP contribution in [0.5, 0.6) is 0 Å². The van der Waals surface area contributed by atoms with Crippen LogP contribution in [0.1, 0.15) is 50.3 Å². The number of anilines is 1. The number of benzene rings is 1. The van der Waals surface area contributed by atoms with Crippen molar-refractivity contribution in [3.8, 4) is 0 Å². The van der Waals surface area contributed by atoms with Crippen LogP contribution >= 0.6 is 0 Å². The molecular weight excluding hydrogens is 314 g/mol. The third kappa shape index (κ3) is 4.16. The number of fused-ring (bicyclic) bond motifs is 1. The molecular formula is C20H25N3O2. The average molecular weight is 339 g/mol. The number of nitrogens with zero attached hydrogens (tertiary/aromatic N) is 3. The maximum atomic E-state index is 12.5. The van der Waals surface area contributed by atoms with Crippen molar-refractivity contribution in [3.05, 3.63) is 53.6 Å². The van der Waals surface area contributed by atoms with Gasteiger partial charge in [-0.3, -0.25) is 4.90 Å². The molecule has 0 saturated carbocycles. The zero-order chi connectivity index (χ0) is 18.0. The Labute approximate surface area is 149 Å². The van der Waals surface area contributed by atoms with Gasteiger partial charge in [0.25, 0.3) is 0 Å². The van der Waals surface area contributed by atoms with E-state index in [0.29, 0.717) is 12.5 Å². The second-order valence-corrected chi connectivity index (χ2v) is 7.63. The van der Waals surface area contributed by atoms with Gasteiger partial charge in [0.15, 0.2) is 0 Å². The van der Waals surface area contributed by atoms with Crippen molar-refractivity contribution in [2.45, 2.75) is 52.1 Å². The van der Waals surface area contributed by atoms with Gasteiger partial charge in [-0.1, -0.05) is 19.1 Å². The second-order valence-electron chi connectivity index (χ2n) is 7.63. The molecule has 0 spiro atoms. The number of aromatic nitrogens is 2. The molecule has 1 amide bonds. The summed E-state index contributed by atoms with van der Waals surface area (Å²) in [5, 5.41) is 0. The van der Waals surface area contributed by atoms with Crippen LogP contribution in [-0.2, 0) is 17.6 Å². The Morgan fingerprint density at radius 3 is 2.56 bits per heavy atom. The monoisotopic (exact) mass is 339 g/mol. The fourth-order valence-corrected chi connectivity index (χ4v) is 3.11. The molecule has 0 bridgehead atoms. The summed E-state index contributed by atoms with van der Waals surface area (Å²) in [6.45, 7) is 8.49. The lowest BCUT2D eigenvalue weighted by Crippen LogP contribution is -2.36. The molecule has 25 heavy (non-hydrogen) atoms. The lowest BCUT2D eigenvalue weighted by Gasteiger charge is -2.25. The smallest absolute Gasteiger partial charge is 0.414 e. The zero-order valence-electron chi connectivity index (χ0n) is 15.3. The zero-order valence-corrected chi connectivity index (χ0v) is 15.3. The Morgan fingerprint density at radius 1 is 1.20 bits per heavy atom. The van der Waals surface area contributed by atoms with Gasteiger partial charge in [-0.15, -0.1) is 0 Å². The highest BCUT2D eigenvalue weighted by Crippen LogP contribution is 2.37. The van der Waals surface area contributed by atoms with Gasteiger partial charge < -0.3 is 4.74 Å². The molecule has 2 aromatic rings. The molecule has 0 radical (unpaired) electrons. The molecule has 5 nitrogen and oxygen atoms in total. The molecule has 5 heteroatoms. The number of carbonyl (C=O) groups is 1. The van der Waals surface area contributed by atoms with Crippen LogP contribution in [-0.4, -0.2) is 28.2 Å². The van der Waals surface area contributed by atoms with E-state index in [4.69, 9.17) is 4.74 Å². The van der Waals surface area contributed by atoms with Gasteiger partial charge in [-0.25, -0.2) is 14.8 Å². The standard InChI is InChI=1S/C20H25N3O2/c1-14-12-23(19(24)25-20(2,3)4)18-8-7-15(9-17(14)18)5-6-16-10-21-13-22-11-16/h7-11,13-14H,5-6,12H2,1-4H3. The first-order chi connectivity index (χ1) is 11.8. The van der Waals surface area contributed by atoms with Gasteiger partial charge >= 0.3 is 6.09 Å². The predicted molar refractivity (Wildman–Crippen MR) is 97.9 cm³/mol. The van der Waals surface area contributed by atoms with E-state index in [1.165, 1.54) is 11.1 Å². The van der Waals surface area contributed by atoms with Gasteiger partial charge in [0.05, 0.1) is 5.69 Å². The average Bonchev–Trinajstić information content (AvgIpc) is 2.89. The third-order valence-electron chi connectivity index (χ3n) is 4.30. The Bertz CT molecular complexity index is 753. The third-order valence-corrected chi connectivity index (χ3v) is 4.30. The Kier molecular flexibility index (Phi) is 4.75. The lowest BCUT2D eigenvalue weighted by molar-refractivity contribution is 0.0582. The first kappa shape index (κ1) is 17.4. The van der Waals surface area contributed by atoms with Gasteiger partial charge in [0, 0.05) is 24.9 Å². The fourth-order valence-electron chi connectivity index (χ4n) is 3.11. The number of aryl methyl sites for hydroxylation is 2. The first-order valence-electron chi connectivity index (χ1n) is 8.71. The van der Waals surface area contributed by atoms with Crippen LogP contribution in [0.3, 0.4) is 0 Å². The molecule has 1 aromatic heterocycles. The minimum atomic E-state index is -0.485. The van der Waals surface area contributed by atoms with Crippen LogP contribution in [0, 0.1) is 0 Å². The SMILES string of the molecule is CC1CN(C(=O)OC(C)(C)C)c2ccc(CCc3cncnc3)cc21. The van der Waals surface area contributed by atoms with Gasteiger partial charge in [-0.05, 0) is 56.4 Å². The fraction of sp³-hybridized carbons (Fsp3) is 0.450. The van der Waals surface area contributed by atoms with E-state index in [2.05, 4.69) is 29.0 Å². The predicted octanol–water partition coefficient (Wildman–Crippen LogP) is 4.12. The van der Waals surface area contributed by atoms with Crippen molar-refractivity contribution in [2.24, 2.45) is 0 Å². The highest BCUT2D eigenvalue weighted by Gasteiger charge is 2.32. The van der Waals surface area contributed by atoms with Gasteiger partial charge in [0.1, 0.15) is 11.9 Å². The van der Waals surface area contributed by atoms with Crippen LogP contribution in [0.15, 0.2) is 36.9 Å². The first-order valence-corrected chi connectivity index (χ1v) is 8.71. The number of ether oxygens (including phenoxy) is 1. The molecule has 2 heterocycles. The molecule has 0 N–H and O–H groups in total. The summed E-state index contributed by atoms with van der Waals surface area (Å²) in [4.78, 5) is 22.3. The topological polar surface area (TPSA) is 55.3 Å². The summed E-state index contributed by atoms with van der Waals surface area (Å²) in [5.41, 5.74) is 4.09. The maximum Gasteiger partial charge on any atom is 0.414 e. The number of hydrogen-bond acceptors (Lipinski definition) is 4. The van der Waals surface area contributed by atoms with Gasteiger partial charge in [0.2, 0.25) is 0 Å². The number of carbonyl (C=O) groups excluding carboxylic acids is 1. The van der Waals surface area contributed by atoms with Crippen LogP contribution < -0.4 is 4.90 Å². The van der Waals surface area contributed by atoms with Crippen molar-refractivity contribution in [1.82, 2.24) is 9.97 Å². The lowest BCUT2D eigenvalue weighted by atomic mass is 9.98. The number of rotatable bonds is 3. The van der Waals surface area contributed by atoms with Crippen LogP contribution in [0.25, 0.3) is 0 Å². The molecule has 132 valence electrons. The highest BCUT2D eigenvalue weighted by molar-refractivity contribution is 5.91. The number of hydrogen-bond donors (Lipinski definition) is 0. The van der Waals surface area contributed by atoms with E-state index in [1.54, 1.807) is 11.2 Å². The molecule has 3 rings (SSSR count). The molecule has 1 aliphatic heterocycles. The molecule has 1 atom stereocenters. The summed E-state index contributed by atoms with van der Waals surface area (Å²) in [6, 6.07) is 6.35. The molecule has 1 aromatic carbocycles. The quantitative estimate of drug-likeness (QED) is 0.844. The normalized spacial score (nSPS) is 16.6. The molecule has 1 unspecified atom stereocenters. The summed E-state index contributed by atoms with van der Waals surface area (Å²) in [7, 11) is 0. The van der Waals surface area contributed by atoms with Crippen molar-refractivity contribution < 1.29 is 9.53 Å². The highest BCUT2D eigenvalue weighted by atomic mass is 16.6. The Balaban J connectivity index is 1.74. The van der Waals surface area contributed by atoms with E-state index in [9.17, 15) is 4.79 Å². The minimum Gasteiger partial charge on any atom is -0.443 e. The van der Waals surface area contributed by atoms with Crippen molar-refractivity contribution >= 4 is 11.8 Å². The van der Waals surface area contributed by atoms with E-state index >= 15 is 0 Å². The van der Waals surface area contributed by atoms with Crippen LogP contribution in [0.2, 0.25) is 0 Å². The Morgan fingerprint density at radius 2 is 1.88 bits per heavy atom. The van der Waals surface area contributed by atoms with Crippen molar-refractivity contribution in [2.75, 3.05) is 11.4 Å². The minimum absolute atomic E-state index is 0.271. The maximum absolute atomic E-state index is 12.5. The van der Waals surface area contributed by atoms with E-state index < -0.39 is 5.60 Å². The van der Waals surface area contributed by atoms with E-state index in [-0.39, 0.29) is 6.09 Å².